The lowest BCUT2D eigenvalue weighted by molar-refractivity contribution is 0.132. The van der Waals surface area contributed by atoms with Crippen LogP contribution in [0.3, 0.4) is 0 Å². The molecule has 0 spiro atoms. The fourth-order valence-electron chi connectivity index (χ4n) is 2.62. The van der Waals surface area contributed by atoms with E-state index in [1.807, 2.05) is 6.07 Å². The van der Waals surface area contributed by atoms with Gasteiger partial charge in [0.15, 0.2) is 0 Å². The van der Waals surface area contributed by atoms with Crippen molar-refractivity contribution in [2.75, 3.05) is 13.2 Å². The Balaban J connectivity index is 1.75. The molecule has 0 amide bonds. The maximum Gasteiger partial charge on any atom is 0.131 e. The van der Waals surface area contributed by atoms with Crippen molar-refractivity contribution in [3.8, 4) is 0 Å². The molecule has 1 fully saturated rings. The minimum absolute atomic E-state index is 0.330. The van der Waals surface area contributed by atoms with Gasteiger partial charge in [0, 0.05) is 6.61 Å². The molecule has 0 aliphatic heterocycles. The minimum atomic E-state index is 0.330. The molecular formula is C13H20BrNO2. The van der Waals surface area contributed by atoms with Crippen LogP contribution in [0.25, 0.3) is 0 Å². The van der Waals surface area contributed by atoms with Crippen LogP contribution in [-0.2, 0) is 6.54 Å². The van der Waals surface area contributed by atoms with E-state index in [1.165, 1.54) is 25.7 Å². The molecule has 1 aromatic rings. The highest BCUT2D eigenvalue weighted by molar-refractivity contribution is 9.10. The summed E-state index contributed by atoms with van der Waals surface area (Å²) >= 11 is 3.44. The van der Waals surface area contributed by atoms with E-state index < -0.39 is 0 Å². The van der Waals surface area contributed by atoms with Crippen molar-refractivity contribution in [1.82, 2.24) is 5.32 Å². The second-order valence-electron chi connectivity index (χ2n) is 4.81. The molecule has 2 atom stereocenters. The Labute approximate surface area is 111 Å². The SMILES string of the molecule is OCC1CCCCC1CNCc1occc1Br. The van der Waals surface area contributed by atoms with Crippen molar-refractivity contribution in [2.24, 2.45) is 11.8 Å². The van der Waals surface area contributed by atoms with Gasteiger partial charge in [0.25, 0.3) is 0 Å². The summed E-state index contributed by atoms with van der Waals surface area (Å²) in [5.41, 5.74) is 0. The molecule has 0 radical (unpaired) electrons. The summed E-state index contributed by atoms with van der Waals surface area (Å²) in [6, 6.07) is 1.91. The average Bonchev–Trinajstić information content (AvgIpc) is 2.76. The molecule has 1 aliphatic rings. The Hall–Kier alpha value is -0.320. The summed E-state index contributed by atoms with van der Waals surface area (Å²) in [6.45, 7) is 2.05. The fraction of sp³-hybridized carbons (Fsp3) is 0.692. The highest BCUT2D eigenvalue weighted by Gasteiger charge is 2.23. The van der Waals surface area contributed by atoms with Crippen LogP contribution in [0.15, 0.2) is 21.2 Å². The summed E-state index contributed by atoms with van der Waals surface area (Å²) in [7, 11) is 0. The molecule has 0 bridgehead atoms. The molecule has 1 saturated carbocycles. The summed E-state index contributed by atoms with van der Waals surface area (Å²) in [5.74, 6) is 2.04. The first-order valence-electron chi connectivity index (χ1n) is 6.34. The van der Waals surface area contributed by atoms with Gasteiger partial charge >= 0.3 is 0 Å². The van der Waals surface area contributed by atoms with Crippen molar-refractivity contribution in [1.29, 1.82) is 0 Å². The fourth-order valence-corrected chi connectivity index (χ4v) is 2.96. The molecule has 1 aliphatic carbocycles. The van der Waals surface area contributed by atoms with Crippen LogP contribution in [0.5, 0.6) is 0 Å². The Kier molecular flexibility index (Phi) is 5.07. The average molecular weight is 302 g/mol. The normalized spacial score (nSPS) is 25.1. The Bertz CT molecular complexity index is 340. The maximum absolute atomic E-state index is 9.34. The molecular weight excluding hydrogens is 282 g/mol. The number of furan rings is 1. The Morgan fingerprint density at radius 1 is 1.35 bits per heavy atom. The van der Waals surface area contributed by atoms with Crippen molar-refractivity contribution in [2.45, 2.75) is 32.2 Å². The predicted octanol–water partition coefficient (Wildman–Crippen LogP) is 2.93. The molecule has 1 heterocycles. The van der Waals surface area contributed by atoms with E-state index in [0.717, 1.165) is 23.3 Å². The molecule has 96 valence electrons. The first kappa shape index (κ1) is 13.1. The van der Waals surface area contributed by atoms with Crippen molar-refractivity contribution in [3.63, 3.8) is 0 Å². The van der Waals surface area contributed by atoms with Gasteiger partial charge in [-0.3, -0.25) is 0 Å². The van der Waals surface area contributed by atoms with Crippen LogP contribution in [0.2, 0.25) is 0 Å². The molecule has 2 unspecified atom stereocenters. The number of rotatable bonds is 5. The summed E-state index contributed by atoms with van der Waals surface area (Å²) in [5, 5.41) is 12.8. The number of aliphatic hydroxyl groups excluding tert-OH is 1. The largest absolute Gasteiger partial charge is 0.467 e. The first-order valence-corrected chi connectivity index (χ1v) is 7.14. The van der Waals surface area contributed by atoms with Crippen LogP contribution in [0.4, 0.5) is 0 Å². The van der Waals surface area contributed by atoms with Gasteiger partial charge in [-0.15, -0.1) is 0 Å². The zero-order chi connectivity index (χ0) is 12.1. The number of hydrogen-bond acceptors (Lipinski definition) is 3. The third kappa shape index (κ3) is 3.57. The molecule has 0 saturated heterocycles. The van der Waals surface area contributed by atoms with Crippen LogP contribution < -0.4 is 5.32 Å². The topological polar surface area (TPSA) is 45.4 Å². The van der Waals surface area contributed by atoms with Crippen molar-refractivity contribution < 1.29 is 9.52 Å². The molecule has 0 aromatic carbocycles. The quantitative estimate of drug-likeness (QED) is 0.879. The molecule has 2 N–H and O–H groups in total. The minimum Gasteiger partial charge on any atom is -0.467 e. The van der Waals surface area contributed by atoms with Gasteiger partial charge < -0.3 is 14.8 Å². The van der Waals surface area contributed by atoms with E-state index in [4.69, 9.17) is 4.42 Å². The van der Waals surface area contributed by atoms with E-state index in [9.17, 15) is 5.11 Å². The lowest BCUT2D eigenvalue weighted by atomic mass is 9.79. The second-order valence-corrected chi connectivity index (χ2v) is 5.66. The lowest BCUT2D eigenvalue weighted by Crippen LogP contribution is -2.32. The highest BCUT2D eigenvalue weighted by Crippen LogP contribution is 2.29. The zero-order valence-corrected chi connectivity index (χ0v) is 11.6. The van der Waals surface area contributed by atoms with Gasteiger partial charge in [-0.05, 0) is 53.2 Å². The van der Waals surface area contributed by atoms with Gasteiger partial charge in [-0.1, -0.05) is 12.8 Å². The Morgan fingerprint density at radius 2 is 2.12 bits per heavy atom. The van der Waals surface area contributed by atoms with Gasteiger partial charge in [-0.25, -0.2) is 0 Å². The van der Waals surface area contributed by atoms with Crippen molar-refractivity contribution in [3.05, 3.63) is 22.6 Å². The molecule has 17 heavy (non-hydrogen) atoms. The third-order valence-electron chi connectivity index (χ3n) is 3.68. The van der Waals surface area contributed by atoms with Gasteiger partial charge in [-0.2, -0.15) is 0 Å². The second kappa shape index (κ2) is 6.57. The van der Waals surface area contributed by atoms with Crippen LogP contribution >= 0.6 is 15.9 Å². The monoisotopic (exact) mass is 301 g/mol. The zero-order valence-electron chi connectivity index (χ0n) is 9.99. The molecule has 3 nitrogen and oxygen atoms in total. The van der Waals surface area contributed by atoms with Crippen LogP contribution in [0, 0.1) is 11.8 Å². The molecule has 4 heteroatoms. The summed E-state index contributed by atoms with van der Waals surface area (Å²) < 4.78 is 6.37. The molecule has 1 aromatic heterocycles. The number of aliphatic hydroxyl groups is 1. The van der Waals surface area contributed by atoms with E-state index in [2.05, 4.69) is 21.2 Å². The van der Waals surface area contributed by atoms with Gasteiger partial charge in [0.2, 0.25) is 0 Å². The molecule has 2 rings (SSSR count). The van der Waals surface area contributed by atoms with E-state index in [-0.39, 0.29) is 0 Å². The van der Waals surface area contributed by atoms with Crippen LogP contribution in [0.1, 0.15) is 31.4 Å². The predicted molar refractivity (Wildman–Crippen MR) is 70.6 cm³/mol. The first-order chi connectivity index (χ1) is 8.31. The third-order valence-corrected chi connectivity index (χ3v) is 4.39. The lowest BCUT2D eigenvalue weighted by Gasteiger charge is -2.30. The van der Waals surface area contributed by atoms with Gasteiger partial charge in [0.1, 0.15) is 5.76 Å². The summed E-state index contributed by atoms with van der Waals surface area (Å²) in [4.78, 5) is 0. The highest BCUT2D eigenvalue weighted by atomic mass is 79.9. The smallest absolute Gasteiger partial charge is 0.131 e. The van der Waals surface area contributed by atoms with Gasteiger partial charge in [0.05, 0.1) is 17.3 Å². The van der Waals surface area contributed by atoms with Crippen molar-refractivity contribution >= 4 is 15.9 Å². The number of halogens is 1. The maximum atomic E-state index is 9.34. The van der Waals surface area contributed by atoms with E-state index in [0.29, 0.717) is 18.4 Å². The van der Waals surface area contributed by atoms with E-state index in [1.54, 1.807) is 6.26 Å². The Morgan fingerprint density at radius 3 is 2.76 bits per heavy atom. The standard InChI is InChI=1S/C13H20BrNO2/c14-12-5-6-17-13(12)8-15-7-10-3-1-2-4-11(10)9-16/h5-6,10-11,15-16H,1-4,7-9H2. The number of nitrogens with one attached hydrogen (secondary N) is 1. The van der Waals surface area contributed by atoms with E-state index >= 15 is 0 Å². The number of hydrogen-bond donors (Lipinski definition) is 2. The summed E-state index contributed by atoms with van der Waals surface area (Å²) in [6.07, 6.45) is 6.67. The van der Waals surface area contributed by atoms with Crippen LogP contribution in [-0.4, -0.2) is 18.3 Å².